The van der Waals surface area contributed by atoms with Gasteiger partial charge in [0.2, 0.25) is 5.95 Å². The van der Waals surface area contributed by atoms with E-state index in [1.54, 1.807) is 12.2 Å². The Bertz CT molecular complexity index is 3810. The van der Waals surface area contributed by atoms with Gasteiger partial charge in [0.25, 0.3) is 0 Å². The highest BCUT2D eigenvalue weighted by atomic mass is 15.2. The van der Waals surface area contributed by atoms with E-state index in [1.807, 2.05) is 74.5 Å². The molecule has 0 aliphatic heterocycles. The Hall–Kier alpha value is -8.61. The Morgan fingerprint density at radius 1 is 0.354 bits per heavy atom. The maximum Gasteiger partial charge on any atom is 0.238 e. The average molecular weight is 837 g/mol. The van der Waals surface area contributed by atoms with E-state index in [9.17, 15) is 0 Å². The van der Waals surface area contributed by atoms with Crippen molar-refractivity contribution in [2.45, 2.75) is 13.8 Å². The summed E-state index contributed by atoms with van der Waals surface area (Å²) >= 11 is 0. The molecule has 9 aromatic carbocycles. The molecular weight excluding hydrogens is 793 g/mol. The maximum absolute atomic E-state index is 5.16. The first-order valence-electron chi connectivity index (χ1n) is 21.9. The molecule has 0 aliphatic rings. The van der Waals surface area contributed by atoms with Crippen LogP contribution in [0.3, 0.4) is 0 Å². The number of benzene rings is 9. The summed E-state index contributed by atoms with van der Waals surface area (Å²) in [5, 5.41) is 9.87. The van der Waals surface area contributed by atoms with Crippen molar-refractivity contribution in [2.75, 3.05) is 0 Å². The highest BCUT2D eigenvalue weighted by Crippen LogP contribution is 2.46. The third-order valence-electron chi connectivity index (χ3n) is 12.0. The van der Waals surface area contributed by atoms with Gasteiger partial charge in [0, 0.05) is 54.8 Å². The van der Waals surface area contributed by atoms with E-state index in [0.29, 0.717) is 17.6 Å². The smallest absolute Gasteiger partial charge is 0.238 e. The van der Waals surface area contributed by atoms with Gasteiger partial charge in [0.15, 0.2) is 11.6 Å². The van der Waals surface area contributed by atoms with Crippen molar-refractivity contribution in [3.05, 3.63) is 219 Å². The fourth-order valence-electron chi connectivity index (χ4n) is 9.55. The van der Waals surface area contributed by atoms with E-state index in [4.69, 9.17) is 15.0 Å². The third kappa shape index (κ3) is 6.37. The monoisotopic (exact) mass is 836 g/mol. The van der Waals surface area contributed by atoms with Crippen molar-refractivity contribution in [1.82, 2.24) is 28.7 Å². The van der Waals surface area contributed by atoms with Crippen LogP contribution in [-0.2, 0) is 0 Å². The molecule has 0 spiro atoms. The third-order valence-corrected chi connectivity index (χ3v) is 12.0. The van der Waals surface area contributed by atoms with Gasteiger partial charge in [-0.15, -0.1) is 13.2 Å². The normalized spacial score (nSPS) is 11.4. The van der Waals surface area contributed by atoms with Gasteiger partial charge in [-0.3, -0.25) is 4.57 Å². The van der Waals surface area contributed by atoms with E-state index >= 15 is 0 Å². The van der Waals surface area contributed by atoms with Gasteiger partial charge in [0.05, 0.1) is 33.1 Å². The summed E-state index contributed by atoms with van der Waals surface area (Å²) in [6.07, 6.45) is 3.50. The molecule has 4 heterocycles. The van der Waals surface area contributed by atoms with Gasteiger partial charge in [-0.2, -0.15) is 9.97 Å². The van der Waals surface area contributed by atoms with E-state index in [-0.39, 0.29) is 0 Å². The van der Waals surface area contributed by atoms with Crippen LogP contribution < -0.4 is 0 Å². The van der Waals surface area contributed by atoms with Gasteiger partial charge in [-0.25, -0.2) is 4.98 Å². The Morgan fingerprint density at radius 3 is 1.54 bits per heavy atom. The van der Waals surface area contributed by atoms with Crippen LogP contribution in [0.2, 0.25) is 0 Å². The van der Waals surface area contributed by atoms with Crippen LogP contribution in [0.15, 0.2) is 219 Å². The lowest BCUT2D eigenvalue weighted by molar-refractivity contribution is 0.953. The molecule has 0 bridgehead atoms. The van der Waals surface area contributed by atoms with E-state index in [1.165, 1.54) is 54.4 Å². The number of aromatic nitrogens is 6. The lowest BCUT2D eigenvalue weighted by Gasteiger charge is -2.12. The van der Waals surface area contributed by atoms with Crippen molar-refractivity contribution in [2.24, 2.45) is 0 Å². The minimum Gasteiger partial charge on any atom is -0.309 e. The second-order valence-corrected chi connectivity index (χ2v) is 16.1. The molecule has 310 valence electrons. The van der Waals surface area contributed by atoms with Crippen LogP contribution >= 0.6 is 0 Å². The lowest BCUT2D eigenvalue weighted by Crippen LogP contribution is -2.06. The minimum absolute atomic E-state index is 0.580. The molecular formula is C59H44N6. The fraction of sp³-hybridized carbons (Fsp3) is 0.0339. The zero-order chi connectivity index (χ0) is 44.0. The Morgan fingerprint density at radius 2 is 0.877 bits per heavy atom. The molecule has 0 fully saturated rings. The van der Waals surface area contributed by atoms with Crippen molar-refractivity contribution in [1.29, 1.82) is 0 Å². The van der Waals surface area contributed by atoms with Crippen LogP contribution in [-0.4, -0.2) is 28.7 Å². The summed E-state index contributed by atoms with van der Waals surface area (Å²) < 4.78 is 7.08. The van der Waals surface area contributed by atoms with Crippen LogP contribution in [0.4, 0.5) is 0 Å². The van der Waals surface area contributed by atoms with E-state index < -0.39 is 0 Å². The molecule has 0 radical (unpaired) electrons. The molecule has 0 amide bonds. The molecule has 13 rings (SSSR count). The van der Waals surface area contributed by atoms with Gasteiger partial charge in [-0.05, 0) is 79.2 Å². The molecule has 0 aliphatic carbocycles. The number of rotatable bonds is 5. The lowest BCUT2D eigenvalue weighted by atomic mass is 9.98. The van der Waals surface area contributed by atoms with E-state index in [2.05, 4.69) is 160 Å². The van der Waals surface area contributed by atoms with Gasteiger partial charge in [0.1, 0.15) is 0 Å². The molecule has 4 aromatic heterocycles. The molecule has 0 saturated carbocycles. The Balaban J connectivity index is 0.000000744. The summed E-state index contributed by atoms with van der Waals surface area (Å²) in [5.41, 5.74) is 10.9. The number of para-hydroxylation sites is 3. The highest BCUT2D eigenvalue weighted by molar-refractivity contribution is 6.33. The summed E-state index contributed by atoms with van der Waals surface area (Å²) in [7, 11) is 0. The van der Waals surface area contributed by atoms with Gasteiger partial charge < -0.3 is 9.13 Å². The topological polar surface area (TPSA) is 53.5 Å². The molecule has 6 nitrogen and oxygen atoms in total. The van der Waals surface area contributed by atoms with Crippen LogP contribution in [0.5, 0.6) is 0 Å². The molecule has 6 heteroatoms. The zero-order valence-electron chi connectivity index (χ0n) is 36.2. The Kier molecular flexibility index (Phi) is 9.82. The molecule has 0 N–H and O–H groups in total. The number of allylic oxidation sites excluding steroid dienone is 2. The molecule has 0 saturated heterocycles. The predicted molar refractivity (Wildman–Crippen MR) is 274 cm³/mol. The van der Waals surface area contributed by atoms with Crippen LogP contribution in [0, 0.1) is 0 Å². The molecule has 0 atom stereocenters. The van der Waals surface area contributed by atoms with Crippen LogP contribution in [0.1, 0.15) is 13.8 Å². The predicted octanol–water partition coefficient (Wildman–Crippen LogP) is 15.5. The summed E-state index contributed by atoms with van der Waals surface area (Å²) in [4.78, 5) is 15.3. The molecule has 13 aromatic rings. The SMILES string of the molecule is C=CC.C=CC.c1ccc(-c2nc(-c3ccccc3)nc(-n3c4ccccc4c4cc(-n5c6cccc7ccc8c9c%10ccccc%10n(-c%10ccccc%10)c9cc5c8c76)ccc43)n2)cc1. The summed E-state index contributed by atoms with van der Waals surface area (Å²) in [6.45, 7) is 10.5. The largest absolute Gasteiger partial charge is 0.309 e. The van der Waals surface area contributed by atoms with Crippen molar-refractivity contribution in [3.8, 4) is 40.1 Å². The second kappa shape index (κ2) is 16.3. The first-order valence-corrected chi connectivity index (χ1v) is 21.9. The van der Waals surface area contributed by atoms with Crippen molar-refractivity contribution in [3.63, 3.8) is 0 Å². The molecule has 0 unspecified atom stereocenters. The first kappa shape index (κ1) is 39.3. The number of hydrogen-bond acceptors (Lipinski definition) is 3. The fourth-order valence-corrected chi connectivity index (χ4v) is 9.55. The maximum atomic E-state index is 5.16. The second-order valence-electron chi connectivity index (χ2n) is 16.1. The van der Waals surface area contributed by atoms with Crippen LogP contribution in [0.25, 0.3) is 116 Å². The van der Waals surface area contributed by atoms with Gasteiger partial charge in [-0.1, -0.05) is 152 Å². The Labute approximate surface area is 376 Å². The number of hydrogen-bond donors (Lipinski definition) is 0. The summed E-state index contributed by atoms with van der Waals surface area (Å²) in [5.74, 6) is 1.84. The van der Waals surface area contributed by atoms with Crippen molar-refractivity contribution < 1.29 is 0 Å². The summed E-state index contributed by atoms with van der Waals surface area (Å²) in [6, 6.07) is 69.0. The van der Waals surface area contributed by atoms with Gasteiger partial charge >= 0.3 is 0 Å². The highest BCUT2D eigenvalue weighted by Gasteiger charge is 2.24. The van der Waals surface area contributed by atoms with Crippen molar-refractivity contribution >= 4 is 76.2 Å². The zero-order valence-corrected chi connectivity index (χ0v) is 36.2. The standard InChI is InChI=1S/C53H32N6.2C3H6/c1-4-15-34(16-5-1)51-54-52(35-17-6-2-7-18-35)56-53(55-51)59-42-24-12-10-22-38(42)41-31-37(28-30-44(41)59)58-45-26-14-19-33-27-29-40-49-39-23-11-13-25-43(39)57(36-20-8-3-9-21-36)46(49)32-47(58)50(40)48(33)45;2*1-3-2/h1-32H;2*3H,1H2,2H3. The molecule has 65 heavy (non-hydrogen) atoms. The van der Waals surface area contributed by atoms with E-state index in [0.717, 1.165) is 44.3 Å². The minimum atomic E-state index is 0.580. The first-order chi connectivity index (χ1) is 32.1. The number of fused-ring (bicyclic) bond motifs is 7. The number of nitrogens with zero attached hydrogens (tertiary/aromatic N) is 6. The quantitative estimate of drug-likeness (QED) is 0.128. The average Bonchev–Trinajstić information content (AvgIpc) is 4.00.